The predicted octanol–water partition coefficient (Wildman–Crippen LogP) is 2.90. The molecule has 2 bridgehead atoms. The molecular formula is C28H36ClN3O5. The zero-order valence-corrected chi connectivity index (χ0v) is 22.5. The lowest BCUT2D eigenvalue weighted by atomic mass is 9.62. The number of likely N-dealkylation sites (N-methyl/N-ethyl adjacent to an activating group) is 1. The maximum atomic E-state index is 14.4. The summed E-state index contributed by atoms with van der Waals surface area (Å²) in [5.74, 6) is -2.35. The smallest absolute Gasteiger partial charge is 0.253 e. The molecule has 200 valence electrons. The van der Waals surface area contributed by atoms with E-state index in [1.807, 2.05) is 13.8 Å². The summed E-state index contributed by atoms with van der Waals surface area (Å²) in [4.78, 5) is 46.8. The lowest BCUT2D eigenvalue weighted by molar-refractivity contribution is -0.150. The number of carbonyl (C=O) groups excluding carboxylic acids is 3. The van der Waals surface area contributed by atoms with E-state index in [1.165, 1.54) is 4.90 Å². The molecule has 1 aromatic rings. The number of likely N-dealkylation sites (tertiary alicyclic amines) is 1. The maximum Gasteiger partial charge on any atom is 0.253 e. The van der Waals surface area contributed by atoms with E-state index in [0.29, 0.717) is 30.1 Å². The minimum Gasteiger partial charge on any atom is -0.396 e. The molecule has 0 aliphatic carbocycles. The molecule has 3 aliphatic heterocycles. The molecule has 8 nitrogen and oxygen atoms in total. The van der Waals surface area contributed by atoms with E-state index in [1.54, 1.807) is 53.3 Å². The molecule has 3 unspecified atom stereocenters. The van der Waals surface area contributed by atoms with Gasteiger partial charge in [-0.3, -0.25) is 14.4 Å². The van der Waals surface area contributed by atoms with Crippen molar-refractivity contribution in [2.75, 3.05) is 38.2 Å². The van der Waals surface area contributed by atoms with Crippen molar-refractivity contribution >= 4 is 35.0 Å². The first-order valence-electron chi connectivity index (χ1n) is 12.7. The zero-order chi connectivity index (χ0) is 27.1. The van der Waals surface area contributed by atoms with Crippen molar-refractivity contribution in [2.45, 2.75) is 43.9 Å². The molecular weight excluding hydrogens is 494 g/mol. The molecule has 0 radical (unpaired) electrons. The quantitative estimate of drug-likeness (QED) is 0.471. The molecule has 1 N–H and O–H groups in total. The summed E-state index contributed by atoms with van der Waals surface area (Å²) >= 11 is 6.09. The SMILES string of the molecule is C=CCN(C)C(=O)[C@H]1[C@H]2C(=O)N(CCCO)C(C(=O)N(CC=C)c3ccc(Cl)cc3)C23CC(C)[C@]1(C)O3. The normalized spacial score (nSPS) is 31.8. The van der Waals surface area contributed by atoms with E-state index in [2.05, 4.69) is 13.2 Å². The van der Waals surface area contributed by atoms with Crippen LogP contribution in [0.4, 0.5) is 5.69 Å². The second kappa shape index (κ2) is 10.2. The molecule has 3 heterocycles. The molecule has 37 heavy (non-hydrogen) atoms. The van der Waals surface area contributed by atoms with Gasteiger partial charge in [-0.15, -0.1) is 13.2 Å². The van der Waals surface area contributed by atoms with Gasteiger partial charge in [0, 0.05) is 44.0 Å². The Labute approximate surface area is 223 Å². The third-order valence-corrected chi connectivity index (χ3v) is 8.62. The van der Waals surface area contributed by atoms with Gasteiger partial charge in [0.05, 0.1) is 17.4 Å². The number of anilines is 1. The summed E-state index contributed by atoms with van der Waals surface area (Å²) in [6.45, 7) is 12.1. The molecule has 0 aromatic heterocycles. The Kier molecular flexibility index (Phi) is 7.57. The van der Waals surface area contributed by atoms with Crippen LogP contribution in [-0.4, -0.2) is 83.2 Å². The predicted molar refractivity (Wildman–Crippen MR) is 142 cm³/mol. The monoisotopic (exact) mass is 529 g/mol. The summed E-state index contributed by atoms with van der Waals surface area (Å²) < 4.78 is 6.75. The Morgan fingerprint density at radius 1 is 1.22 bits per heavy atom. The van der Waals surface area contributed by atoms with Crippen LogP contribution in [-0.2, 0) is 19.1 Å². The van der Waals surface area contributed by atoms with Crippen LogP contribution in [0.15, 0.2) is 49.6 Å². The molecule has 3 fully saturated rings. The summed E-state index contributed by atoms with van der Waals surface area (Å²) in [7, 11) is 1.69. The van der Waals surface area contributed by atoms with E-state index in [-0.39, 0.29) is 43.3 Å². The Morgan fingerprint density at radius 3 is 2.46 bits per heavy atom. The van der Waals surface area contributed by atoms with Gasteiger partial charge in [0.2, 0.25) is 11.8 Å². The minimum atomic E-state index is -1.15. The highest BCUT2D eigenvalue weighted by Crippen LogP contribution is 2.65. The lowest BCUT2D eigenvalue weighted by Gasteiger charge is -2.38. The topological polar surface area (TPSA) is 90.4 Å². The highest BCUT2D eigenvalue weighted by molar-refractivity contribution is 6.30. The number of aliphatic hydroxyl groups excluding tert-OH is 1. The second-order valence-corrected chi connectivity index (χ2v) is 11.0. The van der Waals surface area contributed by atoms with Crippen molar-refractivity contribution in [3.63, 3.8) is 0 Å². The number of fused-ring (bicyclic) bond motifs is 1. The van der Waals surface area contributed by atoms with Crippen LogP contribution >= 0.6 is 11.6 Å². The summed E-state index contributed by atoms with van der Waals surface area (Å²) in [5.41, 5.74) is -1.43. The number of hydrogen-bond acceptors (Lipinski definition) is 5. The summed E-state index contributed by atoms with van der Waals surface area (Å²) in [6, 6.07) is 5.96. The number of hydrogen-bond donors (Lipinski definition) is 1. The van der Waals surface area contributed by atoms with E-state index in [4.69, 9.17) is 16.3 Å². The fourth-order valence-corrected chi connectivity index (χ4v) is 6.74. The average Bonchev–Trinajstić information content (AvgIpc) is 3.37. The van der Waals surface area contributed by atoms with Gasteiger partial charge in [0.15, 0.2) is 0 Å². The lowest BCUT2D eigenvalue weighted by Crippen LogP contribution is -2.57. The second-order valence-electron chi connectivity index (χ2n) is 10.5. The molecule has 1 aromatic carbocycles. The number of halogens is 1. The van der Waals surface area contributed by atoms with E-state index in [0.717, 1.165) is 0 Å². The van der Waals surface area contributed by atoms with Crippen molar-refractivity contribution in [1.82, 2.24) is 9.80 Å². The van der Waals surface area contributed by atoms with Gasteiger partial charge in [0.25, 0.3) is 5.91 Å². The molecule has 1 spiro atoms. The number of amides is 3. The van der Waals surface area contributed by atoms with Gasteiger partial charge < -0.3 is 24.5 Å². The average molecular weight is 530 g/mol. The molecule has 4 rings (SSSR count). The molecule has 6 atom stereocenters. The van der Waals surface area contributed by atoms with Gasteiger partial charge in [-0.1, -0.05) is 30.7 Å². The van der Waals surface area contributed by atoms with Gasteiger partial charge in [0.1, 0.15) is 11.6 Å². The first-order chi connectivity index (χ1) is 17.6. The number of ether oxygens (including phenoxy) is 1. The van der Waals surface area contributed by atoms with Crippen LogP contribution < -0.4 is 4.90 Å². The summed E-state index contributed by atoms with van der Waals surface area (Å²) in [6.07, 6.45) is 4.05. The number of nitrogens with zero attached hydrogens (tertiary/aromatic N) is 3. The summed E-state index contributed by atoms with van der Waals surface area (Å²) in [5, 5.41) is 10.1. The maximum absolute atomic E-state index is 14.4. The number of benzene rings is 1. The Morgan fingerprint density at radius 2 is 1.86 bits per heavy atom. The highest BCUT2D eigenvalue weighted by Gasteiger charge is 2.80. The van der Waals surface area contributed by atoms with Gasteiger partial charge in [-0.2, -0.15) is 0 Å². The van der Waals surface area contributed by atoms with Crippen molar-refractivity contribution in [3.05, 3.63) is 54.6 Å². The third kappa shape index (κ3) is 4.19. The number of carbonyl (C=O) groups is 3. The highest BCUT2D eigenvalue weighted by atomic mass is 35.5. The van der Waals surface area contributed by atoms with Gasteiger partial charge in [-0.25, -0.2) is 0 Å². The zero-order valence-electron chi connectivity index (χ0n) is 21.7. The van der Waals surface area contributed by atoms with Crippen LogP contribution in [0.2, 0.25) is 5.02 Å². The molecule has 9 heteroatoms. The molecule has 3 amide bonds. The Bertz CT molecular complexity index is 1090. The number of aliphatic hydroxyl groups is 1. The Balaban J connectivity index is 1.82. The minimum absolute atomic E-state index is 0.0564. The fraction of sp³-hybridized carbons (Fsp3) is 0.536. The Hall–Kier alpha value is -2.68. The van der Waals surface area contributed by atoms with Crippen LogP contribution in [0.25, 0.3) is 0 Å². The van der Waals surface area contributed by atoms with E-state index < -0.39 is 29.1 Å². The fourth-order valence-electron chi connectivity index (χ4n) is 6.62. The van der Waals surface area contributed by atoms with Crippen molar-refractivity contribution in [3.8, 4) is 0 Å². The van der Waals surface area contributed by atoms with E-state index in [9.17, 15) is 19.5 Å². The van der Waals surface area contributed by atoms with E-state index >= 15 is 0 Å². The van der Waals surface area contributed by atoms with Crippen LogP contribution in [0.3, 0.4) is 0 Å². The molecule has 3 saturated heterocycles. The van der Waals surface area contributed by atoms with Gasteiger partial charge in [-0.05, 0) is 49.9 Å². The van der Waals surface area contributed by atoms with Crippen LogP contribution in [0, 0.1) is 17.8 Å². The largest absolute Gasteiger partial charge is 0.396 e. The first-order valence-corrected chi connectivity index (χ1v) is 13.1. The van der Waals surface area contributed by atoms with Crippen LogP contribution in [0.1, 0.15) is 26.7 Å². The first kappa shape index (κ1) is 27.4. The molecule has 0 saturated carbocycles. The third-order valence-electron chi connectivity index (χ3n) is 8.37. The standard InChI is InChI=1S/C28H36ClN3O5/c1-6-13-30(5)24(34)21-22-25(35)32(15-8-16-33)23(28(22)17-18(3)27(21,4)37-28)26(36)31(14-7-2)20-11-9-19(29)10-12-20/h6-7,9-12,18,21-23,33H,1-2,8,13-17H2,3-5H3/t18?,21-,22+,23?,27+,28?/m1/s1. The van der Waals surface area contributed by atoms with Crippen LogP contribution in [0.5, 0.6) is 0 Å². The number of rotatable bonds is 10. The van der Waals surface area contributed by atoms with Crippen molar-refractivity contribution in [1.29, 1.82) is 0 Å². The molecule has 3 aliphatic rings. The van der Waals surface area contributed by atoms with Gasteiger partial charge >= 0.3 is 0 Å². The van der Waals surface area contributed by atoms with Crippen molar-refractivity contribution < 1.29 is 24.2 Å². The van der Waals surface area contributed by atoms with Crippen molar-refractivity contribution in [2.24, 2.45) is 17.8 Å².